The van der Waals surface area contributed by atoms with E-state index in [1.54, 1.807) is 0 Å². The van der Waals surface area contributed by atoms with E-state index in [2.05, 4.69) is 21.0 Å². The van der Waals surface area contributed by atoms with E-state index in [9.17, 15) is 0 Å². The molecule has 0 saturated carbocycles. The van der Waals surface area contributed by atoms with Gasteiger partial charge >= 0.3 is 0 Å². The Morgan fingerprint density at radius 2 is 1.54 bits per heavy atom. The first kappa shape index (κ1) is 17.7. The Morgan fingerprint density at radius 1 is 0.821 bits per heavy atom. The number of nitrogens with two attached hydrogens (primary N) is 1. The summed E-state index contributed by atoms with van der Waals surface area (Å²) in [6.07, 6.45) is 1.37. The molecular formula is C22H20N4O2. The Morgan fingerprint density at radius 3 is 2.29 bits per heavy atom. The average molecular weight is 372 g/mol. The van der Waals surface area contributed by atoms with Gasteiger partial charge in [0.15, 0.2) is 11.4 Å². The zero-order valence-corrected chi connectivity index (χ0v) is 15.9. The lowest BCUT2D eigenvalue weighted by Gasteiger charge is -2.12. The lowest BCUT2D eigenvalue weighted by molar-refractivity contribution is 0.440. The van der Waals surface area contributed by atoms with E-state index >= 15 is 0 Å². The molecule has 28 heavy (non-hydrogen) atoms. The number of anilines is 1. The third kappa shape index (κ3) is 3.57. The van der Waals surface area contributed by atoms with Crippen molar-refractivity contribution in [2.45, 2.75) is 20.8 Å². The van der Waals surface area contributed by atoms with Gasteiger partial charge in [-0.3, -0.25) is 0 Å². The van der Waals surface area contributed by atoms with Gasteiger partial charge in [0.05, 0.1) is 0 Å². The van der Waals surface area contributed by atoms with Gasteiger partial charge in [0.1, 0.15) is 17.6 Å². The van der Waals surface area contributed by atoms with Crippen LogP contribution in [0.5, 0.6) is 23.3 Å². The third-order valence-electron chi connectivity index (χ3n) is 4.25. The molecule has 4 rings (SSSR count). The Kier molecular flexibility index (Phi) is 4.53. The van der Waals surface area contributed by atoms with E-state index in [0.29, 0.717) is 11.5 Å². The van der Waals surface area contributed by atoms with Crippen LogP contribution in [0.1, 0.15) is 16.8 Å². The molecule has 0 atom stereocenters. The Bertz CT molecular complexity index is 1150. The van der Waals surface area contributed by atoms with Crippen LogP contribution in [-0.4, -0.2) is 15.0 Å². The van der Waals surface area contributed by atoms with Crippen LogP contribution in [0.3, 0.4) is 0 Å². The first-order valence-electron chi connectivity index (χ1n) is 8.90. The molecular weight excluding hydrogens is 352 g/mol. The summed E-state index contributed by atoms with van der Waals surface area (Å²) in [4.78, 5) is 12.9. The highest BCUT2D eigenvalue weighted by atomic mass is 16.5. The fourth-order valence-electron chi connectivity index (χ4n) is 3.03. The van der Waals surface area contributed by atoms with E-state index in [1.165, 1.54) is 6.33 Å². The number of aromatic nitrogens is 3. The smallest absolute Gasteiger partial charge is 0.249 e. The predicted octanol–water partition coefficient (Wildman–Crippen LogP) is 5.12. The van der Waals surface area contributed by atoms with E-state index in [4.69, 9.17) is 15.2 Å². The van der Waals surface area contributed by atoms with Crippen LogP contribution >= 0.6 is 0 Å². The van der Waals surface area contributed by atoms with Gasteiger partial charge in [-0.15, -0.1) is 0 Å². The van der Waals surface area contributed by atoms with Crippen LogP contribution in [0.25, 0.3) is 10.9 Å². The summed E-state index contributed by atoms with van der Waals surface area (Å²) in [7, 11) is 0. The number of hydrogen-bond donors (Lipinski definition) is 1. The summed E-state index contributed by atoms with van der Waals surface area (Å²) in [6.45, 7) is 5.95. The molecule has 0 fully saturated rings. The summed E-state index contributed by atoms with van der Waals surface area (Å²) >= 11 is 0. The minimum absolute atomic E-state index is 0.227. The number of nitrogen functional groups attached to an aromatic ring is 1. The molecule has 0 saturated heterocycles. The van der Waals surface area contributed by atoms with Gasteiger partial charge in [-0.1, -0.05) is 24.3 Å². The van der Waals surface area contributed by atoms with Crippen molar-refractivity contribution < 1.29 is 9.47 Å². The second-order valence-corrected chi connectivity index (χ2v) is 6.71. The zero-order chi connectivity index (χ0) is 19.7. The molecule has 6 nitrogen and oxygen atoms in total. The largest absolute Gasteiger partial charge is 0.437 e. The number of nitrogens with zero attached hydrogens (tertiary/aromatic N) is 3. The van der Waals surface area contributed by atoms with Crippen molar-refractivity contribution in [2.24, 2.45) is 0 Å². The minimum atomic E-state index is 0.227. The SMILES string of the molecule is Cc1cc(C)cc(Oc2ncnc(Oc3cccc4ccc(C)nc34)c2N)c1. The number of aryl methyl sites for hydroxylation is 3. The van der Waals surface area contributed by atoms with Crippen molar-refractivity contribution in [3.63, 3.8) is 0 Å². The molecule has 2 N–H and O–H groups in total. The molecule has 0 radical (unpaired) electrons. The molecule has 0 aliphatic rings. The van der Waals surface area contributed by atoms with E-state index < -0.39 is 0 Å². The number of fused-ring (bicyclic) bond motifs is 1. The quantitative estimate of drug-likeness (QED) is 0.535. The van der Waals surface area contributed by atoms with Gasteiger partial charge in [-0.05, 0) is 56.2 Å². The number of rotatable bonds is 4. The van der Waals surface area contributed by atoms with E-state index in [0.717, 1.165) is 27.7 Å². The maximum atomic E-state index is 6.23. The highest BCUT2D eigenvalue weighted by molar-refractivity contribution is 5.85. The predicted molar refractivity (Wildman–Crippen MR) is 109 cm³/mol. The maximum absolute atomic E-state index is 6.23. The minimum Gasteiger partial charge on any atom is -0.437 e. The molecule has 140 valence electrons. The van der Waals surface area contributed by atoms with Crippen molar-refractivity contribution in [1.29, 1.82) is 0 Å². The highest BCUT2D eigenvalue weighted by Crippen LogP contribution is 2.35. The molecule has 0 unspecified atom stereocenters. The molecule has 2 aromatic carbocycles. The first-order valence-corrected chi connectivity index (χ1v) is 8.90. The maximum Gasteiger partial charge on any atom is 0.249 e. The Balaban J connectivity index is 1.69. The Labute approximate surface area is 163 Å². The number of para-hydroxylation sites is 1. The van der Waals surface area contributed by atoms with Gasteiger partial charge < -0.3 is 15.2 Å². The summed E-state index contributed by atoms with van der Waals surface area (Å²) < 4.78 is 11.9. The molecule has 6 heteroatoms. The number of hydrogen-bond acceptors (Lipinski definition) is 6. The molecule has 2 heterocycles. The lowest BCUT2D eigenvalue weighted by Crippen LogP contribution is -2.01. The van der Waals surface area contributed by atoms with Crippen LogP contribution in [0.4, 0.5) is 5.69 Å². The van der Waals surface area contributed by atoms with Crippen LogP contribution in [0, 0.1) is 20.8 Å². The topological polar surface area (TPSA) is 83.2 Å². The normalized spacial score (nSPS) is 10.8. The molecule has 0 aliphatic carbocycles. The molecule has 0 spiro atoms. The molecule has 2 aromatic heterocycles. The van der Waals surface area contributed by atoms with Gasteiger partial charge in [-0.25, -0.2) is 4.98 Å². The summed E-state index contributed by atoms with van der Waals surface area (Å²) in [5.74, 6) is 1.71. The fraction of sp³-hybridized carbons (Fsp3) is 0.136. The van der Waals surface area contributed by atoms with Crippen molar-refractivity contribution in [3.8, 4) is 23.3 Å². The Hall–Kier alpha value is -3.67. The number of benzene rings is 2. The van der Waals surface area contributed by atoms with Gasteiger partial charge in [0, 0.05) is 11.1 Å². The molecule has 0 aliphatic heterocycles. The standard InChI is InChI=1S/C22H20N4O2/c1-13-9-14(2)11-17(10-13)27-21-19(23)22(25-12-24-21)28-18-6-4-5-16-8-7-15(3)26-20(16)18/h4-12H,23H2,1-3H3. The van der Waals surface area contributed by atoms with Crippen LogP contribution < -0.4 is 15.2 Å². The first-order chi connectivity index (χ1) is 13.5. The van der Waals surface area contributed by atoms with Crippen LogP contribution in [-0.2, 0) is 0 Å². The zero-order valence-electron chi connectivity index (χ0n) is 15.9. The second kappa shape index (κ2) is 7.15. The summed E-state index contributed by atoms with van der Waals surface area (Å²) in [5.41, 5.74) is 10.3. The van der Waals surface area contributed by atoms with Gasteiger partial charge in [-0.2, -0.15) is 9.97 Å². The molecule has 0 bridgehead atoms. The number of ether oxygens (including phenoxy) is 2. The second-order valence-electron chi connectivity index (χ2n) is 6.71. The van der Waals surface area contributed by atoms with Crippen LogP contribution in [0.2, 0.25) is 0 Å². The van der Waals surface area contributed by atoms with Crippen molar-refractivity contribution in [3.05, 3.63) is 71.7 Å². The number of pyridine rings is 1. The molecule has 4 aromatic rings. The van der Waals surface area contributed by atoms with Crippen molar-refractivity contribution >= 4 is 16.6 Å². The lowest BCUT2D eigenvalue weighted by atomic mass is 10.1. The van der Waals surface area contributed by atoms with Gasteiger partial charge in [0.2, 0.25) is 11.8 Å². The average Bonchev–Trinajstić information content (AvgIpc) is 2.64. The fourth-order valence-corrected chi connectivity index (χ4v) is 3.03. The summed E-state index contributed by atoms with van der Waals surface area (Å²) in [6, 6.07) is 15.6. The summed E-state index contributed by atoms with van der Waals surface area (Å²) in [5, 5.41) is 0.974. The van der Waals surface area contributed by atoms with E-state index in [-0.39, 0.29) is 17.4 Å². The highest BCUT2D eigenvalue weighted by Gasteiger charge is 2.14. The van der Waals surface area contributed by atoms with E-state index in [1.807, 2.05) is 63.2 Å². The van der Waals surface area contributed by atoms with Crippen molar-refractivity contribution in [2.75, 3.05) is 5.73 Å². The van der Waals surface area contributed by atoms with Crippen LogP contribution in [0.15, 0.2) is 54.9 Å². The molecule has 0 amide bonds. The monoisotopic (exact) mass is 372 g/mol. The van der Waals surface area contributed by atoms with Gasteiger partial charge in [0.25, 0.3) is 0 Å². The third-order valence-corrected chi connectivity index (χ3v) is 4.25. The van der Waals surface area contributed by atoms with Crippen molar-refractivity contribution in [1.82, 2.24) is 15.0 Å².